The highest BCUT2D eigenvalue weighted by atomic mass is 19.2. The van der Waals surface area contributed by atoms with Gasteiger partial charge in [0.2, 0.25) is 0 Å². The van der Waals surface area contributed by atoms with Crippen LogP contribution in [-0.2, 0) is 59.0 Å². The van der Waals surface area contributed by atoms with Crippen molar-refractivity contribution >= 4 is 29.8 Å². The number of benzene rings is 1. The van der Waals surface area contributed by atoms with Gasteiger partial charge in [-0.3, -0.25) is 19.2 Å². The van der Waals surface area contributed by atoms with Crippen LogP contribution in [0.1, 0.15) is 39.7 Å². The normalized spacial score (nSPS) is 24.4. The largest absolute Gasteiger partial charge is 0.462 e. The second-order valence-corrected chi connectivity index (χ2v) is 7.75. The number of rotatable bonds is 9. The summed E-state index contributed by atoms with van der Waals surface area (Å²) in [5.41, 5.74) is 0.568. The minimum atomic E-state index is -3.19. The highest BCUT2D eigenvalue weighted by Crippen LogP contribution is 2.37. The number of carbonyl (C=O) groups is 5. The molecule has 1 aromatic rings. The summed E-state index contributed by atoms with van der Waals surface area (Å²) in [5, 5.41) is 0. The predicted octanol–water partition coefficient (Wildman–Crippen LogP) is 1.54. The Balaban J connectivity index is 2.40. The van der Waals surface area contributed by atoms with E-state index >= 15 is 4.39 Å². The summed E-state index contributed by atoms with van der Waals surface area (Å²) in [6, 6.07) is 8.43. The van der Waals surface area contributed by atoms with Gasteiger partial charge in [-0.2, -0.15) is 4.39 Å². The molecule has 0 radical (unpaired) electrons. The monoisotopic (exact) mass is 498 g/mol. The van der Waals surface area contributed by atoms with Crippen molar-refractivity contribution in [2.24, 2.45) is 0 Å². The molecule has 0 aromatic heterocycles. The molecule has 2 rings (SSSR count). The van der Waals surface area contributed by atoms with Crippen molar-refractivity contribution in [2.75, 3.05) is 6.61 Å². The van der Waals surface area contributed by atoms with Crippen LogP contribution in [0.3, 0.4) is 0 Å². The minimum absolute atomic E-state index is 0.286. The van der Waals surface area contributed by atoms with E-state index in [1.54, 1.807) is 30.3 Å². The lowest BCUT2D eigenvalue weighted by Gasteiger charge is -2.44. The van der Waals surface area contributed by atoms with E-state index in [9.17, 15) is 24.0 Å². The Labute approximate surface area is 200 Å². The van der Waals surface area contributed by atoms with Crippen LogP contribution in [0.4, 0.5) is 4.39 Å². The summed E-state index contributed by atoms with van der Waals surface area (Å²) < 4.78 is 46.7. The molecule has 1 unspecified atom stereocenters. The fourth-order valence-corrected chi connectivity index (χ4v) is 3.43. The average Bonchev–Trinajstić information content (AvgIpc) is 2.76. The van der Waals surface area contributed by atoms with Gasteiger partial charge in [-0.15, -0.1) is 0 Å². The number of esters is 5. The van der Waals surface area contributed by atoms with Gasteiger partial charge in [-0.25, -0.2) is 4.79 Å². The first-order valence-corrected chi connectivity index (χ1v) is 10.6. The van der Waals surface area contributed by atoms with Gasteiger partial charge in [0.05, 0.1) is 6.42 Å². The van der Waals surface area contributed by atoms with E-state index in [0.29, 0.717) is 5.56 Å². The Hall–Kier alpha value is -3.54. The maximum absolute atomic E-state index is 16.0. The molecule has 1 aliphatic heterocycles. The van der Waals surface area contributed by atoms with Crippen LogP contribution in [0, 0.1) is 0 Å². The third kappa shape index (κ3) is 8.32. The maximum Gasteiger partial charge on any atom is 0.372 e. The maximum atomic E-state index is 16.0. The van der Waals surface area contributed by atoms with Crippen LogP contribution >= 0.6 is 0 Å². The van der Waals surface area contributed by atoms with E-state index in [1.807, 2.05) is 0 Å². The van der Waals surface area contributed by atoms with Gasteiger partial charge in [0, 0.05) is 27.7 Å². The molecule has 1 fully saturated rings. The molecule has 35 heavy (non-hydrogen) atoms. The van der Waals surface area contributed by atoms with E-state index in [0.717, 1.165) is 27.7 Å². The molecule has 1 heterocycles. The zero-order valence-electron chi connectivity index (χ0n) is 19.7. The molecule has 1 aromatic carbocycles. The van der Waals surface area contributed by atoms with E-state index in [4.69, 9.17) is 28.4 Å². The second-order valence-electron chi connectivity index (χ2n) is 7.75. The summed E-state index contributed by atoms with van der Waals surface area (Å²) in [6.07, 6.45) is -7.16. The van der Waals surface area contributed by atoms with Gasteiger partial charge in [0.15, 0.2) is 12.2 Å². The first-order chi connectivity index (χ1) is 16.4. The van der Waals surface area contributed by atoms with Crippen molar-refractivity contribution in [3.05, 3.63) is 35.9 Å². The van der Waals surface area contributed by atoms with Gasteiger partial charge in [-0.05, 0) is 5.56 Å². The smallest absolute Gasteiger partial charge is 0.372 e. The van der Waals surface area contributed by atoms with Gasteiger partial charge in [-0.1, -0.05) is 30.3 Å². The zero-order chi connectivity index (χ0) is 26.2. The molecular formula is C23H27FO11. The molecule has 0 N–H and O–H groups in total. The molecule has 1 aliphatic rings. The molecule has 0 spiro atoms. The van der Waals surface area contributed by atoms with Crippen LogP contribution in [-0.4, -0.2) is 66.7 Å². The topological polar surface area (TPSA) is 141 Å². The molecule has 0 bridgehead atoms. The summed E-state index contributed by atoms with van der Waals surface area (Å²) in [5.74, 6) is -7.97. The number of alkyl halides is 1. The molecule has 0 amide bonds. The minimum Gasteiger partial charge on any atom is -0.462 e. The van der Waals surface area contributed by atoms with Crippen molar-refractivity contribution < 1.29 is 56.8 Å². The summed E-state index contributed by atoms with van der Waals surface area (Å²) in [4.78, 5) is 59.2. The van der Waals surface area contributed by atoms with Crippen LogP contribution in [0.15, 0.2) is 30.3 Å². The van der Waals surface area contributed by atoms with Gasteiger partial charge >= 0.3 is 35.7 Å². The Morgan fingerprint density at radius 1 is 0.943 bits per heavy atom. The lowest BCUT2D eigenvalue weighted by Crippen LogP contribution is -2.62. The van der Waals surface area contributed by atoms with Crippen LogP contribution in [0.25, 0.3) is 0 Å². The van der Waals surface area contributed by atoms with Crippen molar-refractivity contribution in [1.82, 2.24) is 0 Å². The number of halogens is 1. The van der Waals surface area contributed by atoms with Gasteiger partial charge < -0.3 is 28.4 Å². The fourth-order valence-electron chi connectivity index (χ4n) is 3.43. The number of hydrogen-bond donors (Lipinski definition) is 0. The van der Waals surface area contributed by atoms with E-state index in [1.165, 1.54) is 0 Å². The highest BCUT2D eigenvalue weighted by molar-refractivity contribution is 5.78. The van der Waals surface area contributed by atoms with Crippen molar-refractivity contribution in [3.63, 3.8) is 0 Å². The Morgan fingerprint density at radius 3 is 2.11 bits per heavy atom. The van der Waals surface area contributed by atoms with Crippen LogP contribution < -0.4 is 0 Å². The van der Waals surface area contributed by atoms with Crippen LogP contribution in [0.2, 0.25) is 0 Å². The Morgan fingerprint density at radius 2 is 1.57 bits per heavy atom. The van der Waals surface area contributed by atoms with Crippen molar-refractivity contribution in [3.8, 4) is 0 Å². The quantitative estimate of drug-likeness (QED) is 0.362. The molecule has 0 aliphatic carbocycles. The molecule has 1 saturated heterocycles. The zero-order valence-corrected chi connectivity index (χ0v) is 19.7. The van der Waals surface area contributed by atoms with Crippen LogP contribution in [0.5, 0.6) is 0 Å². The second kappa shape index (κ2) is 12.2. The average molecular weight is 498 g/mol. The predicted molar refractivity (Wildman–Crippen MR) is 113 cm³/mol. The highest BCUT2D eigenvalue weighted by Gasteiger charge is 2.58. The van der Waals surface area contributed by atoms with Gasteiger partial charge in [0.25, 0.3) is 0 Å². The van der Waals surface area contributed by atoms with E-state index in [-0.39, 0.29) is 6.61 Å². The third-order valence-electron chi connectivity index (χ3n) is 4.75. The molecule has 0 saturated carbocycles. The molecular weight excluding hydrogens is 471 g/mol. The first kappa shape index (κ1) is 27.7. The summed E-state index contributed by atoms with van der Waals surface area (Å²) in [7, 11) is 0. The fraction of sp³-hybridized carbons (Fsp3) is 0.522. The number of carbonyl (C=O) groups excluding carboxylic acids is 5. The number of ether oxygens (including phenoxy) is 6. The van der Waals surface area contributed by atoms with Gasteiger partial charge in [0.1, 0.15) is 25.4 Å². The number of hydrogen-bond acceptors (Lipinski definition) is 11. The third-order valence-corrected chi connectivity index (χ3v) is 4.75. The van der Waals surface area contributed by atoms with Crippen molar-refractivity contribution in [2.45, 2.75) is 71.0 Å². The molecule has 5 atom stereocenters. The first-order valence-electron chi connectivity index (χ1n) is 10.6. The standard InChI is InChI=1S/C23H27FO11/c1-13(25)30-12-19(33-15(3)27)21-20(34-16(4)28)18(32-14(2)26)10-23(24,35-21)22(29)31-11-17-8-6-5-7-9-17/h5-9,18-21H,10-12H2,1-4H3/t18-,19-,20-,21?,23-/m1/s1. The summed E-state index contributed by atoms with van der Waals surface area (Å²) in [6.45, 7) is 3.28. The summed E-state index contributed by atoms with van der Waals surface area (Å²) >= 11 is 0. The molecule has 192 valence electrons. The lowest BCUT2D eigenvalue weighted by atomic mass is 9.92. The Bertz CT molecular complexity index is 935. The lowest BCUT2D eigenvalue weighted by molar-refractivity contribution is -0.292. The Kier molecular flexibility index (Phi) is 9.69. The van der Waals surface area contributed by atoms with E-state index in [2.05, 4.69) is 0 Å². The van der Waals surface area contributed by atoms with Crippen molar-refractivity contribution in [1.29, 1.82) is 0 Å². The SMILES string of the molecule is CC(=O)OC[C@@H](OC(C)=O)C1O[C@@](F)(C(=O)OCc2ccccc2)C[C@@H](OC(C)=O)[C@H]1OC(C)=O. The molecule has 12 heteroatoms. The van der Waals surface area contributed by atoms with E-state index < -0.39 is 73.1 Å². The molecule has 11 nitrogen and oxygen atoms in total.